The van der Waals surface area contributed by atoms with E-state index in [2.05, 4.69) is 27.7 Å². The summed E-state index contributed by atoms with van der Waals surface area (Å²) in [5, 5.41) is 0. The molecule has 1 spiro atoms. The van der Waals surface area contributed by atoms with Gasteiger partial charge in [0.05, 0.1) is 12.2 Å². The Balaban J connectivity index is 1.59. The average molecular weight is 302 g/mol. The maximum atomic E-state index is 12.5. The molecule has 122 valence electrons. The highest BCUT2D eigenvalue weighted by atomic mass is 16.6. The summed E-state index contributed by atoms with van der Waals surface area (Å²) in [6.07, 6.45) is 9.73. The van der Waals surface area contributed by atoms with Gasteiger partial charge in [-0.1, -0.05) is 27.7 Å². The van der Waals surface area contributed by atoms with Gasteiger partial charge in [-0.15, -0.1) is 0 Å². The zero-order valence-electron chi connectivity index (χ0n) is 14.6. The van der Waals surface area contributed by atoms with Crippen molar-refractivity contribution in [2.45, 2.75) is 84.8 Å². The number of ether oxygens (including phenoxy) is 1. The lowest BCUT2D eigenvalue weighted by Crippen LogP contribution is -2.60. The van der Waals surface area contributed by atoms with Crippen LogP contribution in [0.25, 0.3) is 0 Å². The number of carbonyl (C=O) groups is 1. The van der Waals surface area contributed by atoms with Crippen molar-refractivity contribution in [1.29, 1.82) is 0 Å². The largest absolute Gasteiger partial charge is 0.368 e. The molecule has 0 N–H and O–H groups in total. The topological polar surface area (TPSA) is 29.6 Å². The zero-order chi connectivity index (χ0) is 15.5. The van der Waals surface area contributed by atoms with E-state index in [0.29, 0.717) is 40.2 Å². The molecule has 2 nitrogen and oxygen atoms in total. The SMILES string of the molecule is CC1(C)C(=O)CC[C@]2(C)[C@@H]1CC[C@]13C[C@](C)(CC[C@@H]21)[C@@H]1O[C@@H]13. The molecule has 2 heteroatoms. The molecule has 4 saturated carbocycles. The molecule has 4 aliphatic carbocycles. The predicted octanol–water partition coefficient (Wildman–Crippen LogP) is 4.37. The molecule has 5 fully saturated rings. The van der Waals surface area contributed by atoms with E-state index < -0.39 is 0 Å². The molecule has 0 aromatic heterocycles. The maximum Gasteiger partial charge on any atom is 0.138 e. The molecule has 0 radical (unpaired) electrons. The van der Waals surface area contributed by atoms with E-state index in [4.69, 9.17) is 4.74 Å². The van der Waals surface area contributed by atoms with E-state index in [1.54, 1.807) is 0 Å². The number of Topliss-reactive ketones (excluding diaryl/α,β-unsaturated/α-hetero) is 1. The molecule has 5 aliphatic rings. The second-order valence-electron chi connectivity index (χ2n) is 10.4. The molecule has 0 aromatic carbocycles. The summed E-state index contributed by atoms with van der Waals surface area (Å²) in [6, 6.07) is 0. The van der Waals surface area contributed by atoms with Crippen LogP contribution in [0.15, 0.2) is 0 Å². The minimum Gasteiger partial charge on any atom is -0.368 e. The molecule has 0 aromatic rings. The van der Waals surface area contributed by atoms with Crippen molar-refractivity contribution in [3.05, 3.63) is 0 Å². The van der Waals surface area contributed by atoms with Gasteiger partial charge in [0.15, 0.2) is 0 Å². The third-order valence-corrected chi connectivity index (χ3v) is 9.15. The van der Waals surface area contributed by atoms with Crippen LogP contribution in [0.3, 0.4) is 0 Å². The third kappa shape index (κ3) is 1.33. The summed E-state index contributed by atoms with van der Waals surface area (Å²) in [5.41, 5.74) is 1.17. The molecule has 1 heterocycles. The Morgan fingerprint density at radius 1 is 0.955 bits per heavy atom. The minimum atomic E-state index is -0.113. The van der Waals surface area contributed by atoms with Crippen molar-refractivity contribution >= 4 is 5.78 Å². The van der Waals surface area contributed by atoms with Gasteiger partial charge in [0.1, 0.15) is 5.78 Å². The molecule has 0 amide bonds. The highest BCUT2D eigenvalue weighted by Gasteiger charge is 2.77. The first-order valence-corrected chi connectivity index (χ1v) is 9.43. The van der Waals surface area contributed by atoms with Gasteiger partial charge in [-0.3, -0.25) is 4.79 Å². The van der Waals surface area contributed by atoms with E-state index in [0.717, 1.165) is 18.8 Å². The van der Waals surface area contributed by atoms with Crippen molar-refractivity contribution in [2.24, 2.45) is 33.5 Å². The van der Waals surface area contributed by atoms with Gasteiger partial charge in [-0.05, 0) is 61.2 Å². The molecule has 0 unspecified atom stereocenters. The lowest BCUT2D eigenvalue weighted by molar-refractivity contribution is -0.178. The summed E-state index contributed by atoms with van der Waals surface area (Å²) in [4.78, 5) is 12.5. The van der Waals surface area contributed by atoms with Crippen LogP contribution in [0.5, 0.6) is 0 Å². The van der Waals surface area contributed by atoms with Crippen molar-refractivity contribution in [3.8, 4) is 0 Å². The molecule has 7 atom stereocenters. The van der Waals surface area contributed by atoms with Crippen LogP contribution < -0.4 is 0 Å². The van der Waals surface area contributed by atoms with Crippen LogP contribution in [0, 0.1) is 33.5 Å². The number of hydrogen-bond acceptors (Lipinski definition) is 2. The fraction of sp³-hybridized carbons (Fsp3) is 0.950. The first kappa shape index (κ1) is 14.0. The fourth-order valence-corrected chi connectivity index (χ4v) is 8.16. The van der Waals surface area contributed by atoms with Crippen molar-refractivity contribution < 1.29 is 9.53 Å². The molecular weight excluding hydrogens is 272 g/mol. The van der Waals surface area contributed by atoms with Gasteiger partial charge in [-0.2, -0.15) is 0 Å². The standard InChI is InChI=1S/C20H30O2/c1-17(2)12-6-10-20-11-18(3,15-16(20)22-15)8-5-13(20)19(12,4)9-7-14(17)21/h12-13,15-16H,5-11H2,1-4H3/t12-,13+,15-,16+,18+,19-,20+/m1/s1. The van der Waals surface area contributed by atoms with Crippen molar-refractivity contribution in [3.63, 3.8) is 0 Å². The Kier molecular flexibility index (Phi) is 2.33. The summed E-state index contributed by atoms with van der Waals surface area (Å²) in [7, 11) is 0. The van der Waals surface area contributed by atoms with Gasteiger partial charge in [0.2, 0.25) is 0 Å². The highest BCUT2D eigenvalue weighted by molar-refractivity contribution is 5.85. The number of epoxide rings is 1. The Bertz CT molecular complexity index is 566. The monoisotopic (exact) mass is 302 g/mol. The Morgan fingerprint density at radius 2 is 1.68 bits per heavy atom. The van der Waals surface area contributed by atoms with E-state index in [1.807, 2.05) is 0 Å². The summed E-state index contributed by atoms with van der Waals surface area (Å²) in [6.45, 7) is 9.47. The smallest absolute Gasteiger partial charge is 0.138 e. The van der Waals surface area contributed by atoms with Gasteiger partial charge in [0, 0.05) is 17.3 Å². The zero-order valence-corrected chi connectivity index (χ0v) is 14.6. The predicted molar refractivity (Wildman–Crippen MR) is 85.4 cm³/mol. The van der Waals surface area contributed by atoms with Crippen LogP contribution in [0.4, 0.5) is 0 Å². The molecule has 1 aliphatic heterocycles. The van der Waals surface area contributed by atoms with E-state index >= 15 is 0 Å². The number of rotatable bonds is 0. The molecular formula is C20H30O2. The second-order valence-corrected chi connectivity index (χ2v) is 10.4. The fourth-order valence-electron chi connectivity index (χ4n) is 8.16. The highest BCUT2D eigenvalue weighted by Crippen LogP contribution is 2.77. The first-order chi connectivity index (χ1) is 10.2. The summed E-state index contributed by atoms with van der Waals surface area (Å²) < 4.78 is 6.21. The van der Waals surface area contributed by atoms with E-state index in [1.165, 1.54) is 32.1 Å². The number of carbonyl (C=O) groups excluding carboxylic acids is 1. The minimum absolute atomic E-state index is 0.113. The van der Waals surface area contributed by atoms with Gasteiger partial charge in [-0.25, -0.2) is 0 Å². The van der Waals surface area contributed by atoms with E-state index in [9.17, 15) is 4.79 Å². The van der Waals surface area contributed by atoms with Crippen LogP contribution in [-0.2, 0) is 9.53 Å². The molecule has 22 heavy (non-hydrogen) atoms. The maximum absolute atomic E-state index is 12.5. The molecule has 5 rings (SSSR count). The Labute approximate surface area is 134 Å². The van der Waals surface area contributed by atoms with E-state index in [-0.39, 0.29) is 5.41 Å². The quantitative estimate of drug-likeness (QED) is 0.622. The summed E-state index contributed by atoms with van der Waals surface area (Å²) in [5.74, 6) is 1.88. The van der Waals surface area contributed by atoms with Crippen LogP contribution in [0.1, 0.15) is 72.6 Å². The normalized spacial score (nSPS) is 61.2. The van der Waals surface area contributed by atoms with Crippen molar-refractivity contribution in [1.82, 2.24) is 0 Å². The van der Waals surface area contributed by atoms with Crippen molar-refractivity contribution in [2.75, 3.05) is 0 Å². The average Bonchev–Trinajstić information content (AvgIpc) is 3.21. The van der Waals surface area contributed by atoms with Crippen LogP contribution in [-0.4, -0.2) is 18.0 Å². The molecule has 2 bridgehead atoms. The number of ketones is 1. The Hall–Kier alpha value is -0.370. The lowest BCUT2D eigenvalue weighted by Gasteiger charge is -2.64. The van der Waals surface area contributed by atoms with Crippen LogP contribution in [0.2, 0.25) is 0 Å². The second kappa shape index (κ2) is 3.66. The van der Waals surface area contributed by atoms with Gasteiger partial charge >= 0.3 is 0 Å². The molecule has 1 saturated heterocycles. The van der Waals surface area contributed by atoms with Crippen LogP contribution >= 0.6 is 0 Å². The first-order valence-electron chi connectivity index (χ1n) is 9.43. The third-order valence-electron chi connectivity index (χ3n) is 9.15. The van der Waals surface area contributed by atoms with Gasteiger partial charge in [0.25, 0.3) is 0 Å². The van der Waals surface area contributed by atoms with Gasteiger partial charge < -0.3 is 4.74 Å². The lowest BCUT2D eigenvalue weighted by atomic mass is 9.40. The summed E-state index contributed by atoms with van der Waals surface area (Å²) >= 11 is 0. The Morgan fingerprint density at radius 3 is 2.45 bits per heavy atom. The number of fused-ring (bicyclic) bond motifs is 5. The number of hydrogen-bond donors (Lipinski definition) is 0.